The summed E-state index contributed by atoms with van der Waals surface area (Å²) in [6.07, 6.45) is -3.47. The number of ether oxygens (including phenoxy) is 1. The molecule has 1 saturated carbocycles. The van der Waals surface area contributed by atoms with E-state index in [0.717, 1.165) is 24.9 Å². The van der Waals surface area contributed by atoms with Gasteiger partial charge in [0, 0.05) is 48.2 Å². The number of nitro groups is 1. The zero-order chi connectivity index (χ0) is 35.2. The van der Waals surface area contributed by atoms with E-state index in [1.165, 1.54) is 18.2 Å². The van der Waals surface area contributed by atoms with Crippen LogP contribution in [-0.4, -0.2) is 59.4 Å². The van der Waals surface area contributed by atoms with E-state index in [9.17, 15) is 37.7 Å². The van der Waals surface area contributed by atoms with Crippen molar-refractivity contribution in [3.05, 3.63) is 96.8 Å². The van der Waals surface area contributed by atoms with Crippen molar-refractivity contribution in [3.63, 3.8) is 0 Å². The van der Waals surface area contributed by atoms with Crippen molar-refractivity contribution in [1.29, 1.82) is 0 Å². The van der Waals surface area contributed by atoms with E-state index in [2.05, 4.69) is 10.1 Å². The number of anilines is 2. The molecule has 3 fully saturated rings. The van der Waals surface area contributed by atoms with Crippen LogP contribution >= 0.6 is 23.2 Å². The Morgan fingerprint density at radius 1 is 1.14 bits per heavy atom. The van der Waals surface area contributed by atoms with Gasteiger partial charge in [-0.2, -0.15) is 13.2 Å². The molecule has 3 aromatic rings. The number of nitrogens with zero attached hydrogens (tertiary/aromatic N) is 3. The summed E-state index contributed by atoms with van der Waals surface area (Å²) >= 11 is 12.4. The predicted octanol–water partition coefficient (Wildman–Crippen LogP) is 6.62. The standard InChI is InChI=1S/C33H26Cl2F4N4O6/c1-49-30(45)19-10-24(43(47)48)23(11-20(19)33(37,38)39)41-14-25-26(29(41)44)27(18-3-2-4-21(35)28(18)36)32(42(25)13-15-5-6-15)12-16-7-8-17(34)9-22(16)40-31(32)46/h2-4,7-11,15,25-27H,5-6,12-14H2,1H3,(H,40,46)/t25-,26+,27-,32+/m0/s1. The molecule has 0 bridgehead atoms. The van der Waals surface area contributed by atoms with Crippen LogP contribution in [0.5, 0.6) is 0 Å². The van der Waals surface area contributed by atoms with Crippen LogP contribution in [0.3, 0.4) is 0 Å². The summed E-state index contributed by atoms with van der Waals surface area (Å²) in [6.45, 7) is -0.0540. The number of methoxy groups -OCH3 is 1. The Kier molecular flexibility index (Phi) is 7.91. The number of carbonyl (C=O) groups excluding carboxylic acids is 3. The molecule has 49 heavy (non-hydrogen) atoms. The molecule has 0 radical (unpaired) electrons. The molecule has 3 aliphatic heterocycles. The van der Waals surface area contributed by atoms with Gasteiger partial charge in [0.05, 0.1) is 34.1 Å². The van der Waals surface area contributed by atoms with Gasteiger partial charge < -0.3 is 15.0 Å². The van der Waals surface area contributed by atoms with Gasteiger partial charge in [0.25, 0.3) is 5.69 Å². The molecule has 3 heterocycles. The quantitative estimate of drug-likeness (QED) is 0.131. The highest BCUT2D eigenvalue weighted by Crippen LogP contribution is 2.58. The third kappa shape index (κ3) is 5.22. The number of carbonyl (C=O) groups is 3. The first-order valence-corrected chi connectivity index (χ1v) is 16.0. The number of hydrogen-bond donors (Lipinski definition) is 1. The molecule has 0 aromatic heterocycles. The number of halogens is 6. The van der Waals surface area contributed by atoms with Crippen molar-refractivity contribution in [2.24, 2.45) is 11.8 Å². The Morgan fingerprint density at radius 2 is 1.88 bits per heavy atom. The lowest BCUT2D eigenvalue weighted by Gasteiger charge is -2.46. The number of fused-ring (bicyclic) bond motifs is 2. The van der Waals surface area contributed by atoms with Crippen LogP contribution in [0.1, 0.15) is 45.8 Å². The summed E-state index contributed by atoms with van der Waals surface area (Å²) in [7, 11) is 0.835. The van der Waals surface area contributed by atoms with Crippen LogP contribution in [0.25, 0.3) is 0 Å². The summed E-state index contributed by atoms with van der Waals surface area (Å²) in [5.41, 5.74) is -4.73. The van der Waals surface area contributed by atoms with Crippen LogP contribution in [0.2, 0.25) is 10.0 Å². The highest BCUT2D eigenvalue weighted by molar-refractivity contribution is 6.31. The van der Waals surface area contributed by atoms with Gasteiger partial charge in [0.2, 0.25) is 11.8 Å². The van der Waals surface area contributed by atoms with E-state index in [1.54, 1.807) is 18.2 Å². The van der Waals surface area contributed by atoms with Gasteiger partial charge in [0.1, 0.15) is 17.0 Å². The van der Waals surface area contributed by atoms with Crippen molar-refractivity contribution >= 4 is 58.0 Å². The third-order valence-corrected chi connectivity index (χ3v) is 10.6. The molecule has 1 aliphatic carbocycles. The van der Waals surface area contributed by atoms with Crippen molar-refractivity contribution in [1.82, 2.24) is 4.90 Å². The molecule has 10 nitrogen and oxygen atoms in total. The molecule has 4 atom stereocenters. The van der Waals surface area contributed by atoms with Crippen LogP contribution in [0.15, 0.2) is 48.5 Å². The number of rotatable bonds is 6. The fourth-order valence-corrected chi connectivity index (χ4v) is 8.18. The van der Waals surface area contributed by atoms with Crippen LogP contribution in [-0.2, 0) is 26.9 Å². The number of nitrogens with one attached hydrogen (secondary N) is 1. The SMILES string of the molecule is COC(=O)c1cc([N+](=O)[O-])c(N2C[C@H]3[C@@H](C2=O)[C@H](c2cccc(Cl)c2F)[C@@]2(Cc4ccc(Cl)cc4NC2=O)N3CC2CC2)cc1C(F)(F)F. The first kappa shape index (κ1) is 33.2. The maximum Gasteiger partial charge on any atom is 0.417 e. The Hall–Kier alpha value is -4.27. The average molecular weight is 721 g/mol. The molecule has 2 saturated heterocycles. The van der Waals surface area contributed by atoms with Gasteiger partial charge in [0.15, 0.2) is 0 Å². The number of alkyl halides is 3. The molecule has 1 N–H and O–H groups in total. The largest absolute Gasteiger partial charge is 0.465 e. The highest BCUT2D eigenvalue weighted by atomic mass is 35.5. The minimum Gasteiger partial charge on any atom is -0.465 e. The molecule has 16 heteroatoms. The van der Waals surface area contributed by atoms with E-state index < -0.39 is 80.6 Å². The second kappa shape index (κ2) is 11.7. The second-order valence-electron chi connectivity index (χ2n) is 12.7. The molecular weight excluding hydrogens is 695 g/mol. The van der Waals surface area contributed by atoms with Crippen molar-refractivity contribution in [2.45, 2.75) is 42.9 Å². The van der Waals surface area contributed by atoms with E-state index in [0.29, 0.717) is 35.0 Å². The molecule has 256 valence electrons. The van der Waals surface area contributed by atoms with Gasteiger partial charge in [-0.15, -0.1) is 0 Å². The Morgan fingerprint density at radius 3 is 2.53 bits per heavy atom. The summed E-state index contributed by atoms with van der Waals surface area (Å²) in [5.74, 6) is -6.01. The van der Waals surface area contributed by atoms with E-state index in [-0.39, 0.29) is 29.5 Å². The monoisotopic (exact) mass is 720 g/mol. The lowest BCUT2D eigenvalue weighted by atomic mass is 9.69. The summed E-state index contributed by atoms with van der Waals surface area (Å²) in [6, 6.07) is 9.12. The van der Waals surface area contributed by atoms with E-state index in [4.69, 9.17) is 23.2 Å². The van der Waals surface area contributed by atoms with Crippen LogP contribution < -0.4 is 10.2 Å². The zero-order valence-corrected chi connectivity index (χ0v) is 27.0. The average Bonchev–Trinajstić information content (AvgIpc) is 3.76. The molecule has 7 rings (SSSR count). The van der Waals surface area contributed by atoms with Crippen LogP contribution in [0.4, 0.5) is 34.6 Å². The Balaban J connectivity index is 1.43. The van der Waals surface area contributed by atoms with Gasteiger partial charge >= 0.3 is 12.1 Å². The highest BCUT2D eigenvalue weighted by Gasteiger charge is 2.69. The normalized spacial score (nSPS) is 25.0. The summed E-state index contributed by atoms with van der Waals surface area (Å²) in [5, 5.41) is 15.3. The number of likely N-dealkylation sites (tertiary alicyclic amines) is 1. The molecule has 2 amide bonds. The van der Waals surface area contributed by atoms with Crippen molar-refractivity contribution < 1.29 is 41.6 Å². The van der Waals surface area contributed by atoms with Gasteiger partial charge in [-0.3, -0.25) is 24.6 Å². The topological polar surface area (TPSA) is 122 Å². The fourth-order valence-electron chi connectivity index (χ4n) is 7.83. The maximum absolute atomic E-state index is 16.1. The van der Waals surface area contributed by atoms with Crippen molar-refractivity contribution in [3.8, 4) is 0 Å². The van der Waals surface area contributed by atoms with Gasteiger partial charge in [-0.25, -0.2) is 9.18 Å². The van der Waals surface area contributed by atoms with Gasteiger partial charge in [-0.1, -0.05) is 41.4 Å². The third-order valence-electron chi connectivity index (χ3n) is 10.1. The first-order chi connectivity index (χ1) is 23.2. The maximum atomic E-state index is 16.1. The van der Waals surface area contributed by atoms with Gasteiger partial charge in [-0.05, 0) is 54.2 Å². The van der Waals surface area contributed by atoms with E-state index >= 15 is 4.39 Å². The smallest absolute Gasteiger partial charge is 0.417 e. The molecular formula is C33H26Cl2F4N4O6. The number of benzene rings is 3. The number of esters is 1. The Labute approximate surface area is 286 Å². The Bertz CT molecular complexity index is 1960. The summed E-state index contributed by atoms with van der Waals surface area (Å²) in [4.78, 5) is 55.4. The first-order valence-electron chi connectivity index (χ1n) is 15.3. The van der Waals surface area contributed by atoms with Crippen molar-refractivity contribution in [2.75, 3.05) is 30.4 Å². The predicted molar refractivity (Wildman–Crippen MR) is 169 cm³/mol. The lowest BCUT2D eigenvalue weighted by Crippen LogP contribution is -2.62. The number of amides is 2. The molecule has 3 aromatic carbocycles. The fraction of sp³-hybridized carbons (Fsp3) is 0.364. The lowest BCUT2D eigenvalue weighted by molar-refractivity contribution is -0.384. The van der Waals surface area contributed by atoms with E-state index in [1.807, 2.05) is 4.90 Å². The minimum atomic E-state index is -5.16. The molecule has 0 unspecified atom stereocenters. The number of hydrogen-bond acceptors (Lipinski definition) is 7. The van der Waals surface area contributed by atoms with Crippen LogP contribution in [0, 0.1) is 27.8 Å². The number of nitro benzene ring substituents is 1. The molecule has 1 spiro atoms. The summed E-state index contributed by atoms with van der Waals surface area (Å²) < 4.78 is 63.4. The minimum absolute atomic E-state index is 0.0428. The second-order valence-corrected chi connectivity index (χ2v) is 13.6. The zero-order valence-electron chi connectivity index (χ0n) is 25.5. The molecule has 4 aliphatic rings.